The summed E-state index contributed by atoms with van der Waals surface area (Å²) in [6, 6.07) is 7.24. The van der Waals surface area contributed by atoms with Crippen molar-refractivity contribution in [3.05, 3.63) is 30.3 Å². The number of hydrogen-bond donors (Lipinski definition) is 0. The molecule has 0 amide bonds. The van der Waals surface area contributed by atoms with Crippen LogP contribution in [0.15, 0.2) is 35.4 Å². The van der Waals surface area contributed by atoms with Crippen molar-refractivity contribution in [3.63, 3.8) is 0 Å². The number of rotatable bonds is 5. The number of morpholine rings is 1. The van der Waals surface area contributed by atoms with E-state index in [-0.39, 0.29) is 50.4 Å². The standard InChI is InChI=1S/C17H18F5N3O3S/c1-2-28-14(26)13-23-25(12-6-4-3-5-7-12)17(29-13,15(18,19)16(20,21)22)24-8-10-27-11-9-24/h3-7H,2,8-11H2,1H3. The van der Waals surface area contributed by atoms with Crippen molar-refractivity contribution < 1.29 is 36.2 Å². The molecule has 1 aromatic rings. The third-order valence-corrected chi connectivity index (χ3v) is 5.79. The van der Waals surface area contributed by atoms with E-state index in [1.54, 1.807) is 6.07 Å². The number of hydrazone groups is 1. The molecule has 29 heavy (non-hydrogen) atoms. The first-order valence-corrected chi connectivity index (χ1v) is 9.54. The number of carbonyl (C=O) groups excluding carboxylic acids is 1. The first-order chi connectivity index (χ1) is 13.6. The second kappa shape index (κ2) is 8.07. The summed E-state index contributed by atoms with van der Waals surface area (Å²) in [5.41, 5.74) is -0.0188. The van der Waals surface area contributed by atoms with Gasteiger partial charge in [0.25, 0.3) is 0 Å². The van der Waals surface area contributed by atoms with Crippen molar-refractivity contribution in [1.82, 2.24) is 4.90 Å². The van der Waals surface area contributed by atoms with E-state index in [0.717, 1.165) is 4.90 Å². The van der Waals surface area contributed by atoms with Gasteiger partial charge in [-0.15, -0.1) is 0 Å². The molecule has 2 aliphatic rings. The lowest BCUT2D eigenvalue weighted by Gasteiger charge is -2.49. The van der Waals surface area contributed by atoms with Gasteiger partial charge in [-0.1, -0.05) is 18.2 Å². The van der Waals surface area contributed by atoms with Crippen molar-refractivity contribution in [2.24, 2.45) is 5.10 Å². The monoisotopic (exact) mass is 439 g/mol. The van der Waals surface area contributed by atoms with E-state index in [1.165, 1.54) is 31.2 Å². The second-order valence-corrected chi connectivity index (χ2v) is 7.31. The smallest absolute Gasteiger partial charge is 0.458 e. The van der Waals surface area contributed by atoms with Crippen LogP contribution in [0.25, 0.3) is 0 Å². The number of ether oxygens (including phenoxy) is 2. The molecule has 2 aliphatic heterocycles. The van der Waals surface area contributed by atoms with Gasteiger partial charge in [0.2, 0.25) is 10.0 Å². The average Bonchev–Trinajstić information content (AvgIpc) is 3.11. The van der Waals surface area contributed by atoms with Crippen LogP contribution in [0.2, 0.25) is 0 Å². The van der Waals surface area contributed by atoms with E-state index in [0.29, 0.717) is 5.01 Å². The second-order valence-electron chi connectivity index (χ2n) is 6.15. The zero-order chi connectivity index (χ0) is 21.3. The van der Waals surface area contributed by atoms with Gasteiger partial charge < -0.3 is 9.47 Å². The van der Waals surface area contributed by atoms with Crippen molar-refractivity contribution in [3.8, 4) is 0 Å². The van der Waals surface area contributed by atoms with Crippen molar-refractivity contribution in [1.29, 1.82) is 0 Å². The van der Waals surface area contributed by atoms with Gasteiger partial charge in [-0.25, -0.2) is 9.80 Å². The van der Waals surface area contributed by atoms with Gasteiger partial charge in [-0.3, -0.25) is 4.90 Å². The molecule has 0 radical (unpaired) electrons. The normalized spacial score (nSPS) is 23.8. The van der Waals surface area contributed by atoms with Crippen LogP contribution in [0.3, 0.4) is 0 Å². The van der Waals surface area contributed by atoms with Gasteiger partial charge in [0.15, 0.2) is 0 Å². The largest absolute Gasteiger partial charge is 0.461 e. The van der Waals surface area contributed by atoms with Gasteiger partial charge in [-0.05, 0) is 30.8 Å². The number of hydrogen-bond acceptors (Lipinski definition) is 7. The number of nitrogens with zero attached hydrogens (tertiary/aromatic N) is 3. The fourth-order valence-electron chi connectivity index (χ4n) is 3.08. The Morgan fingerprint density at radius 1 is 1.21 bits per heavy atom. The molecule has 0 saturated carbocycles. The molecule has 3 rings (SSSR count). The molecule has 2 heterocycles. The SMILES string of the molecule is CCOC(=O)C1=NN(c2ccccc2)C(N2CCOCC2)(C(F)(F)C(F)(F)F)S1. The highest BCUT2D eigenvalue weighted by atomic mass is 32.2. The first-order valence-electron chi connectivity index (χ1n) is 8.72. The highest BCUT2D eigenvalue weighted by molar-refractivity contribution is 8.17. The number of anilines is 1. The maximum absolute atomic E-state index is 15.1. The van der Waals surface area contributed by atoms with Crippen LogP contribution in [0.5, 0.6) is 0 Å². The van der Waals surface area contributed by atoms with Gasteiger partial charge >= 0.3 is 18.1 Å². The van der Waals surface area contributed by atoms with Crippen LogP contribution >= 0.6 is 11.8 Å². The van der Waals surface area contributed by atoms with E-state index in [2.05, 4.69) is 5.10 Å². The molecule has 1 aromatic carbocycles. The molecule has 160 valence electrons. The summed E-state index contributed by atoms with van der Waals surface area (Å²) in [5, 5.41) is 3.86. The van der Waals surface area contributed by atoms with E-state index in [9.17, 15) is 18.0 Å². The van der Waals surface area contributed by atoms with E-state index < -0.39 is 28.1 Å². The van der Waals surface area contributed by atoms with Crippen LogP contribution in [0.4, 0.5) is 27.6 Å². The summed E-state index contributed by atoms with van der Waals surface area (Å²) in [6.45, 7) is 0.943. The van der Waals surface area contributed by atoms with Crippen molar-refractivity contribution >= 4 is 28.5 Å². The minimum absolute atomic E-state index is 0.0188. The quantitative estimate of drug-likeness (QED) is 0.519. The third-order valence-electron chi connectivity index (χ3n) is 4.37. The fraction of sp³-hybridized carbons (Fsp3) is 0.529. The Bertz CT molecular complexity index is 771. The summed E-state index contributed by atoms with van der Waals surface area (Å²) in [6.07, 6.45) is -5.90. The molecule has 1 saturated heterocycles. The molecular formula is C17H18F5N3O3S. The number of halogens is 5. The number of carbonyl (C=O) groups is 1. The lowest BCUT2D eigenvalue weighted by Crippen LogP contribution is -2.71. The molecule has 0 N–H and O–H groups in total. The maximum atomic E-state index is 15.1. The van der Waals surface area contributed by atoms with Crippen LogP contribution in [0, 0.1) is 0 Å². The highest BCUT2D eigenvalue weighted by Gasteiger charge is 2.77. The third kappa shape index (κ3) is 3.68. The summed E-state index contributed by atoms with van der Waals surface area (Å²) >= 11 is 0.0512. The molecule has 1 unspecified atom stereocenters. The number of thioether (sulfide) groups is 1. The highest BCUT2D eigenvalue weighted by Crippen LogP contribution is 2.57. The van der Waals surface area contributed by atoms with Crippen LogP contribution < -0.4 is 5.01 Å². The Kier molecular flexibility index (Phi) is 6.06. The molecule has 12 heteroatoms. The topological polar surface area (TPSA) is 54.4 Å². The molecule has 0 aromatic heterocycles. The number of alkyl halides is 5. The number of para-hydroxylation sites is 1. The molecule has 1 atom stereocenters. The van der Waals surface area contributed by atoms with E-state index in [4.69, 9.17) is 9.47 Å². The summed E-state index contributed by atoms with van der Waals surface area (Å²) in [7, 11) is 0. The van der Waals surface area contributed by atoms with Gasteiger partial charge in [0, 0.05) is 13.1 Å². The van der Waals surface area contributed by atoms with E-state index >= 15 is 8.78 Å². The summed E-state index contributed by atoms with van der Waals surface area (Å²) < 4.78 is 81.1. The first kappa shape index (κ1) is 21.8. The van der Waals surface area contributed by atoms with Crippen molar-refractivity contribution in [2.45, 2.75) is 24.0 Å². The lowest BCUT2D eigenvalue weighted by atomic mass is 10.1. The zero-order valence-electron chi connectivity index (χ0n) is 15.3. The van der Waals surface area contributed by atoms with Crippen LogP contribution in [0.1, 0.15) is 6.92 Å². The molecular weight excluding hydrogens is 421 g/mol. The maximum Gasteiger partial charge on any atom is 0.458 e. The molecule has 0 bridgehead atoms. The molecule has 1 fully saturated rings. The van der Waals surface area contributed by atoms with Crippen LogP contribution in [-0.2, 0) is 14.3 Å². The van der Waals surface area contributed by atoms with Gasteiger partial charge in [-0.2, -0.15) is 27.1 Å². The number of esters is 1. The predicted octanol–water partition coefficient (Wildman–Crippen LogP) is 3.30. The summed E-state index contributed by atoms with van der Waals surface area (Å²) in [4.78, 5) is 10.1. The number of benzene rings is 1. The Morgan fingerprint density at radius 2 is 1.83 bits per heavy atom. The Morgan fingerprint density at radius 3 is 2.38 bits per heavy atom. The minimum atomic E-state index is -5.90. The zero-order valence-corrected chi connectivity index (χ0v) is 16.1. The minimum Gasteiger partial charge on any atom is -0.461 e. The van der Waals surface area contributed by atoms with Crippen LogP contribution in [-0.4, -0.2) is 65.9 Å². The summed E-state index contributed by atoms with van der Waals surface area (Å²) in [5.74, 6) is -6.32. The fourth-order valence-corrected chi connectivity index (χ4v) is 4.40. The van der Waals surface area contributed by atoms with Gasteiger partial charge in [0.05, 0.1) is 25.5 Å². The van der Waals surface area contributed by atoms with Gasteiger partial charge in [0.1, 0.15) is 0 Å². The molecule has 0 spiro atoms. The predicted molar refractivity (Wildman–Crippen MR) is 96.7 cm³/mol. The Balaban J connectivity index is 2.19. The Hall–Kier alpha value is -1.92. The average molecular weight is 439 g/mol. The van der Waals surface area contributed by atoms with Crippen molar-refractivity contribution in [2.75, 3.05) is 37.9 Å². The molecule has 0 aliphatic carbocycles. The Labute approximate surface area is 167 Å². The molecule has 6 nitrogen and oxygen atoms in total. The lowest BCUT2D eigenvalue weighted by molar-refractivity contribution is -0.312. The van der Waals surface area contributed by atoms with E-state index in [1.807, 2.05) is 0 Å².